The SMILES string of the molecule is CNC(=O)CNC(=O)CNCON1C(=O)C=CC1=O. The number of hydrogen-bond acceptors (Lipinski definition) is 6. The van der Waals surface area contributed by atoms with Crippen molar-refractivity contribution in [2.24, 2.45) is 0 Å². The number of amides is 4. The van der Waals surface area contributed by atoms with E-state index < -0.39 is 17.7 Å². The molecule has 0 atom stereocenters. The molecule has 1 heterocycles. The van der Waals surface area contributed by atoms with Crippen molar-refractivity contribution in [2.45, 2.75) is 0 Å². The third-order valence-electron chi connectivity index (χ3n) is 2.08. The zero-order chi connectivity index (χ0) is 14.3. The Bertz CT molecular complexity index is 402. The number of nitrogens with one attached hydrogen (secondary N) is 3. The van der Waals surface area contributed by atoms with Crippen LogP contribution in [0.2, 0.25) is 0 Å². The first-order valence-corrected chi connectivity index (χ1v) is 5.41. The standard InChI is InChI=1S/C10H14N4O5/c1-11-7(15)5-13-8(16)4-12-6-19-14-9(17)2-3-10(14)18/h2-3,12H,4-6H2,1H3,(H,11,15)(H,13,16). The summed E-state index contributed by atoms with van der Waals surface area (Å²) in [6.07, 6.45) is 2.16. The minimum Gasteiger partial charge on any atom is -0.358 e. The number of carbonyl (C=O) groups excluding carboxylic acids is 4. The van der Waals surface area contributed by atoms with E-state index in [9.17, 15) is 19.2 Å². The fraction of sp³-hybridized carbons (Fsp3) is 0.400. The van der Waals surface area contributed by atoms with E-state index in [1.165, 1.54) is 7.05 Å². The fourth-order valence-corrected chi connectivity index (χ4v) is 1.12. The first kappa shape index (κ1) is 14.8. The van der Waals surface area contributed by atoms with Crippen LogP contribution in [0.25, 0.3) is 0 Å². The molecule has 0 aromatic heterocycles. The number of imide groups is 1. The molecule has 0 radical (unpaired) electrons. The van der Waals surface area contributed by atoms with Gasteiger partial charge in [0, 0.05) is 19.2 Å². The molecule has 19 heavy (non-hydrogen) atoms. The van der Waals surface area contributed by atoms with Gasteiger partial charge in [-0.2, -0.15) is 0 Å². The largest absolute Gasteiger partial charge is 0.358 e. The number of hydroxylamine groups is 2. The highest BCUT2D eigenvalue weighted by molar-refractivity contribution is 6.11. The molecule has 1 aliphatic rings. The molecule has 0 aromatic carbocycles. The van der Waals surface area contributed by atoms with E-state index in [1.54, 1.807) is 0 Å². The van der Waals surface area contributed by atoms with Gasteiger partial charge < -0.3 is 10.6 Å². The molecule has 0 aromatic rings. The van der Waals surface area contributed by atoms with Gasteiger partial charge in [-0.15, -0.1) is 5.06 Å². The summed E-state index contributed by atoms with van der Waals surface area (Å²) in [4.78, 5) is 49.0. The molecule has 0 unspecified atom stereocenters. The molecule has 0 aliphatic carbocycles. The van der Waals surface area contributed by atoms with Crippen LogP contribution in [0.15, 0.2) is 12.2 Å². The average Bonchev–Trinajstić information content (AvgIpc) is 2.71. The highest BCUT2D eigenvalue weighted by Gasteiger charge is 2.24. The summed E-state index contributed by atoms with van der Waals surface area (Å²) >= 11 is 0. The molecular weight excluding hydrogens is 256 g/mol. The monoisotopic (exact) mass is 270 g/mol. The Kier molecular flexibility index (Phi) is 5.64. The van der Waals surface area contributed by atoms with Gasteiger partial charge in [0.05, 0.1) is 13.1 Å². The number of rotatable bonds is 7. The highest BCUT2D eigenvalue weighted by Crippen LogP contribution is 2.02. The molecule has 0 saturated heterocycles. The quantitative estimate of drug-likeness (QED) is 0.262. The Labute approximate surface area is 108 Å². The van der Waals surface area contributed by atoms with Crippen LogP contribution in [0.4, 0.5) is 0 Å². The Balaban J connectivity index is 2.11. The lowest BCUT2D eigenvalue weighted by Crippen LogP contribution is -2.41. The normalized spacial score (nSPS) is 13.8. The van der Waals surface area contributed by atoms with Gasteiger partial charge in [0.15, 0.2) is 0 Å². The second-order valence-corrected chi connectivity index (χ2v) is 3.45. The van der Waals surface area contributed by atoms with Crippen molar-refractivity contribution in [2.75, 3.05) is 26.9 Å². The van der Waals surface area contributed by atoms with Crippen molar-refractivity contribution >= 4 is 23.6 Å². The first-order valence-electron chi connectivity index (χ1n) is 5.41. The van der Waals surface area contributed by atoms with E-state index in [0.717, 1.165) is 12.2 Å². The van der Waals surface area contributed by atoms with Crippen LogP contribution in [0.1, 0.15) is 0 Å². The van der Waals surface area contributed by atoms with Crippen LogP contribution in [-0.2, 0) is 24.0 Å². The van der Waals surface area contributed by atoms with Crippen LogP contribution < -0.4 is 16.0 Å². The molecule has 4 amide bonds. The summed E-state index contributed by atoms with van der Waals surface area (Å²) in [5, 5.41) is 7.83. The maximum absolute atomic E-state index is 11.2. The number of carbonyl (C=O) groups is 4. The van der Waals surface area contributed by atoms with Crippen molar-refractivity contribution in [1.29, 1.82) is 0 Å². The van der Waals surface area contributed by atoms with Gasteiger partial charge in [-0.1, -0.05) is 0 Å². The summed E-state index contributed by atoms with van der Waals surface area (Å²) in [6.45, 7) is -0.419. The lowest BCUT2D eigenvalue weighted by Gasteiger charge is -2.13. The third-order valence-corrected chi connectivity index (χ3v) is 2.08. The van der Waals surface area contributed by atoms with Crippen LogP contribution in [-0.4, -0.2) is 55.6 Å². The molecule has 9 nitrogen and oxygen atoms in total. The number of nitrogens with zero attached hydrogens (tertiary/aromatic N) is 1. The van der Waals surface area contributed by atoms with E-state index >= 15 is 0 Å². The maximum Gasteiger partial charge on any atom is 0.278 e. The van der Waals surface area contributed by atoms with Crippen LogP contribution >= 0.6 is 0 Å². The smallest absolute Gasteiger partial charge is 0.278 e. The lowest BCUT2D eigenvalue weighted by atomic mass is 10.5. The molecule has 0 bridgehead atoms. The Morgan fingerprint density at radius 3 is 2.37 bits per heavy atom. The molecular formula is C10H14N4O5. The van der Waals surface area contributed by atoms with Gasteiger partial charge >= 0.3 is 0 Å². The van der Waals surface area contributed by atoms with E-state index in [1.807, 2.05) is 0 Å². The van der Waals surface area contributed by atoms with Gasteiger partial charge in [0.2, 0.25) is 11.8 Å². The van der Waals surface area contributed by atoms with Crippen molar-refractivity contribution < 1.29 is 24.0 Å². The van der Waals surface area contributed by atoms with Crippen LogP contribution in [0.5, 0.6) is 0 Å². The fourth-order valence-electron chi connectivity index (χ4n) is 1.12. The Hall–Kier alpha value is -2.26. The van der Waals surface area contributed by atoms with E-state index in [0.29, 0.717) is 5.06 Å². The predicted octanol–water partition coefficient (Wildman–Crippen LogP) is -2.75. The number of hydrogen-bond donors (Lipinski definition) is 3. The molecule has 0 spiro atoms. The summed E-state index contributed by atoms with van der Waals surface area (Å²) in [6, 6.07) is 0. The first-order chi connectivity index (χ1) is 9.04. The Morgan fingerprint density at radius 2 is 1.79 bits per heavy atom. The summed E-state index contributed by atoms with van der Waals surface area (Å²) in [5.74, 6) is -1.87. The summed E-state index contributed by atoms with van der Waals surface area (Å²) in [5.41, 5.74) is 0. The van der Waals surface area contributed by atoms with Gasteiger partial charge in [-0.25, -0.2) is 4.84 Å². The third kappa shape index (κ3) is 4.85. The molecule has 0 saturated carbocycles. The van der Waals surface area contributed by atoms with E-state index in [2.05, 4.69) is 16.0 Å². The molecule has 9 heteroatoms. The van der Waals surface area contributed by atoms with Gasteiger partial charge in [-0.3, -0.25) is 24.5 Å². The highest BCUT2D eigenvalue weighted by atomic mass is 16.7. The lowest BCUT2D eigenvalue weighted by molar-refractivity contribution is -0.187. The molecule has 104 valence electrons. The van der Waals surface area contributed by atoms with Crippen molar-refractivity contribution in [3.8, 4) is 0 Å². The second-order valence-electron chi connectivity index (χ2n) is 3.45. The van der Waals surface area contributed by atoms with Crippen molar-refractivity contribution in [3.63, 3.8) is 0 Å². The van der Waals surface area contributed by atoms with Crippen LogP contribution in [0, 0.1) is 0 Å². The summed E-state index contributed by atoms with van der Waals surface area (Å²) < 4.78 is 0. The van der Waals surface area contributed by atoms with E-state index in [4.69, 9.17) is 4.84 Å². The minimum absolute atomic E-state index is 0.110. The molecule has 3 N–H and O–H groups in total. The topological polar surface area (TPSA) is 117 Å². The van der Waals surface area contributed by atoms with Gasteiger partial charge in [-0.05, 0) is 0 Å². The average molecular weight is 270 g/mol. The predicted molar refractivity (Wildman–Crippen MR) is 62.0 cm³/mol. The zero-order valence-electron chi connectivity index (χ0n) is 10.3. The minimum atomic E-state index is -0.573. The van der Waals surface area contributed by atoms with Crippen molar-refractivity contribution in [3.05, 3.63) is 12.2 Å². The van der Waals surface area contributed by atoms with Gasteiger partial charge in [0.1, 0.15) is 6.73 Å². The molecule has 1 rings (SSSR count). The maximum atomic E-state index is 11.2. The van der Waals surface area contributed by atoms with Crippen LogP contribution in [0.3, 0.4) is 0 Å². The zero-order valence-corrected chi connectivity index (χ0v) is 10.3. The summed E-state index contributed by atoms with van der Waals surface area (Å²) in [7, 11) is 1.46. The van der Waals surface area contributed by atoms with Crippen molar-refractivity contribution in [1.82, 2.24) is 21.0 Å². The molecule has 1 aliphatic heterocycles. The van der Waals surface area contributed by atoms with Gasteiger partial charge in [0.25, 0.3) is 11.8 Å². The van der Waals surface area contributed by atoms with E-state index in [-0.39, 0.29) is 25.7 Å². The Morgan fingerprint density at radius 1 is 1.16 bits per heavy atom. The number of likely N-dealkylation sites (N-methyl/N-ethyl adjacent to an activating group) is 1. The second kappa shape index (κ2) is 7.24. The molecule has 0 fully saturated rings.